The predicted molar refractivity (Wildman–Crippen MR) is 84.0 cm³/mol. The maximum absolute atomic E-state index is 11.8. The van der Waals surface area contributed by atoms with Crippen molar-refractivity contribution >= 4 is 17.6 Å². The summed E-state index contributed by atoms with van der Waals surface area (Å²) in [5, 5.41) is 3.38. The molecule has 0 radical (unpaired) electrons. The zero-order chi connectivity index (χ0) is 15.9. The van der Waals surface area contributed by atoms with Gasteiger partial charge in [-0.15, -0.1) is 0 Å². The van der Waals surface area contributed by atoms with Crippen LogP contribution in [0.15, 0.2) is 18.2 Å². The fourth-order valence-electron chi connectivity index (χ4n) is 2.68. The van der Waals surface area contributed by atoms with Crippen LogP contribution in [0.2, 0.25) is 0 Å². The molecule has 0 fully saturated rings. The highest BCUT2D eigenvalue weighted by molar-refractivity contribution is 5.91. The summed E-state index contributed by atoms with van der Waals surface area (Å²) in [5.74, 6) is -0.511. The van der Waals surface area contributed by atoms with Crippen molar-refractivity contribution in [2.45, 2.75) is 45.6 Å². The van der Waals surface area contributed by atoms with Gasteiger partial charge in [0.1, 0.15) is 0 Å². The summed E-state index contributed by atoms with van der Waals surface area (Å²) in [7, 11) is 0. The first-order chi connectivity index (χ1) is 10.6. The third kappa shape index (κ3) is 4.23. The fourth-order valence-corrected chi connectivity index (χ4v) is 2.68. The highest BCUT2D eigenvalue weighted by Gasteiger charge is 2.20. The summed E-state index contributed by atoms with van der Waals surface area (Å²) in [4.78, 5) is 23.5. The lowest BCUT2D eigenvalue weighted by atomic mass is 10.0. The van der Waals surface area contributed by atoms with E-state index in [0.29, 0.717) is 25.2 Å². The summed E-state index contributed by atoms with van der Waals surface area (Å²) >= 11 is 0. The van der Waals surface area contributed by atoms with Crippen LogP contribution in [0, 0.1) is 0 Å². The molecule has 0 saturated heterocycles. The Morgan fingerprint density at radius 1 is 1.23 bits per heavy atom. The minimum Gasteiger partial charge on any atom is -0.466 e. The van der Waals surface area contributed by atoms with Gasteiger partial charge in [0, 0.05) is 11.7 Å². The fraction of sp³-hybridized carbons (Fsp3) is 0.529. The van der Waals surface area contributed by atoms with Gasteiger partial charge in [-0.25, -0.2) is 4.79 Å². The Bertz CT molecular complexity index is 541. The van der Waals surface area contributed by atoms with E-state index in [-0.39, 0.29) is 18.0 Å². The van der Waals surface area contributed by atoms with Crippen molar-refractivity contribution in [1.29, 1.82) is 0 Å². The molecule has 0 saturated carbocycles. The normalized spacial score (nSPS) is 16.9. The highest BCUT2D eigenvalue weighted by atomic mass is 16.5. The largest absolute Gasteiger partial charge is 0.466 e. The Hall–Kier alpha value is -2.04. The SMILES string of the molecule is CCOC(=O)CC1CCCc2ccc(C(=O)OCC)cc2N1. The minimum absolute atomic E-state index is 0.0396. The number of aryl methyl sites for hydroxylation is 1. The van der Waals surface area contributed by atoms with Gasteiger partial charge in [-0.05, 0) is 50.8 Å². The molecule has 1 atom stereocenters. The second-order valence-electron chi connectivity index (χ2n) is 5.34. The van der Waals surface area contributed by atoms with Gasteiger partial charge in [-0.2, -0.15) is 0 Å². The van der Waals surface area contributed by atoms with Crippen LogP contribution in [0.25, 0.3) is 0 Å². The molecule has 1 N–H and O–H groups in total. The molecule has 0 amide bonds. The Morgan fingerprint density at radius 2 is 2.00 bits per heavy atom. The second-order valence-corrected chi connectivity index (χ2v) is 5.34. The molecule has 22 heavy (non-hydrogen) atoms. The van der Waals surface area contributed by atoms with Crippen molar-refractivity contribution in [3.63, 3.8) is 0 Å². The third-order valence-electron chi connectivity index (χ3n) is 3.70. The number of hydrogen-bond donors (Lipinski definition) is 1. The average Bonchev–Trinajstić information content (AvgIpc) is 2.68. The summed E-state index contributed by atoms with van der Waals surface area (Å²) in [6.07, 6.45) is 3.19. The van der Waals surface area contributed by atoms with E-state index in [1.807, 2.05) is 12.1 Å². The van der Waals surface area contributed by atoms with Crippen LogP contribution in [0.5, 0.6) is 0 Å². The Kier molecular flexibility index (Phi) is 5.81. The van der Waals surface area contributed by atoms with Crippen molar-refractivity contribution in [3.05, 3.63) is 29.3 Å². The topological polar surface area (TPSA) is 64.6 Å². The third-order valence-corrected chi connectivity index (χ3v) is 3.70. The Balaban J connectivity index is 2.12. The zero-order valence-electron chi connectivity index (χ0n) is 13.2. The number of rotatable bonds is 5. The van der Waals surface area contributed by atoms with Crippen LogP contribution in [-0.4, -0.2) is 31.2 Å². The van der Waals surface area contributed by atoms with Crippen LogP contribution in [0.1, 0.15) is 49.0 Å². The Labute approximate surface area is 131 Å². The number of carbonyl (C=O) groups is 2. The minimum atomic E-state index is -0.321. The van der Waals surface area contributed by atoms with E-state index >= 15 is 0 Å². The quantitative estimate of drug-likeness (QED) is 0.847. The molecule has 5 nitrogen and oxygen atoms in total. The van der Waals surface area contributed by atoms with Gasteiger partial charge in [0.2, 0.25) is 0 Å². The standard InChI is InChI=1S/C17H23NO4/c1-3-21-16(19)11-14-7-5-6-12-8-9-13(10-15(12)18-14)17(20)22-4-2/h8-10,14,18H,3-7,11H2,1-2H3. The molecule has 0 aromatic heterocycles. The molecule has 120 valence electrons. The molecule has 0 bridgehead atoms. The van der Waals surface area contributed by atoms with Gasteiger partial charge in [-0.1, -0.05) is 6.07 Å². The molecule has 1 heterocycles. The van der Waals surface area contributed by atoms with Gasteiger partial charge >= 0.3 is 11.9 Å². The van der Waals surface area contributed by atoms with Gasteiger partial charge in [0.05, 0.1) is 25.2 Å². The molecule has 0 aliphatic carbocycles. The molecule has 1 aliphatic rings. The average molecular weight is 305 g/mol. The number of hydrogen-bond acceptors (Lipinski definition) is 5. The van der Waals surface area contributed by atoms with Crippen molar-refractivity contribution in [3.8, 4) is 0 Å². The number of nitrogens with one attached hydrogen (secondary N) is 1. The number of fused-ring (bicyclic) bond motifs is 1. The van der Waals surface area contributed by atoms with Crippen LogP contribution >= 0.6 is 0 Å². The maximum Gasteiger partial charge on any atom is 0.338 e. The van der Waals surface area contributed by atoms with Gasteiger partial charge < -0.3 is 14.8 Å². The molecular formula is C17H23NO4. The zero-order valence-corrected chi connectivity index (χ0v) is 13.2. The first kappa shape index (κ1) is 16.3. The molecule has 1 unspecified atom stereocenters. The van der Waals surface area contributed by atoms with Crippen molar-refractivity contribution in [2.75, 3.05) is 18.5 Å². The van der Waals surface area contributed by atoms with Crippen LogP contribution in [0.3, 0.4) is 0 Å². The summed E-state index contributed by atoms with van der Waals surface area (Å²) < 4.78 is 10.0. The van der Waals surface area contributed by atoms with Crippen molar-refractivity contribution in [1.82, 2.24) is 0 Å². The first-order valence-corrected chi connectivity index (χ1v) is 7.86. The van der Waals surface area contributed by atoms with Gasteiger partial charge in [0.25, 0.3) is 0 Å². The molecule has 1 aromatic carbocycles. The van der Waals surface area contributed by atoms with E-state index in [1.165, 1.54) is 5.56 Å². The maximum atomic E-state index is 11.8. The summed E-state index contributed by atoms with van der Waals surface area (Å²) in [5.41, 5.74) is 2.61. The van der Waals surface area contributed by atoms with E-state index in [1.54, 1.807) is 19.9 Å². The second kappa shape index (κ2) is 7.82. The highest BCUT2D eigenvalue weighted by Crippen LogP contribution is 2.26. The number of ether oxygens (including phenoxy) is 2. The predicted octanol–water partition coefficient (Wildman–Crippen LogP) is 2.93. The number of esters is 2. The van der Waals surface area contributed by atoms with E-state index in [2.05, 4.69) is 5.32 Å². The number of anilines is 1. The lowest BCUT2D eigenvalue weighted by Gasteiger charge is -2.17. The molecule has 1 aliphatic heterocycles. The van der Waals surface area contributed by atoms with E-state index in [4.69, 9.17) is 9.47 Å². The van der Waals surface area contributed by atoms with Crippen molar-refractivity contribution < 1.29 is 19.1 Å². The van der Waals surface area contributed by atoms with Gasteiger partial charge in [0.15, 0.2) is 0 Å². The smallest absolute Gasteiger partial charge is 0.338 e. The first-order valence-electron chi connectivity index (χ1n) is 7.86. The van der Waals surface area contributed by atoms with E-state index < -0.39 is 0 Å². The van der Waals surface area contributed by atoms with Gasteiger partial charge in [-0.3, -0.25) is 4.79 Å². The molecule has 2 rings (SSSR count). The molecule has 0 spiro atoms. The number of benzene rings is 1. The molecule has 5 heteroatoms. The van der Waals surface area contributed by atoms with Crippen LogP contribution in [0.4, 0.5) is 5.69 Å². The summed E-state index contributed by atoms with van der Waals surface area (Å²) in [6.45, 7) is 4.35. The lowest BCUT2D eigenvalue weighted by Crippen LogP contribution is -2.23. The van der Waals surface area contributed by atoms with Crippen LogP contribution in [-0.2, 0) is 20.7 Å². The Morgan fingerprint density at radius 3 is 2.73 bits per heavy atom. The number of carbonyl (C=O) groups excluding carboxylic acids is 2. The van der Waals surface area contributed by atoms with Crippen LogP contribution < -0.4 is 5.32 Å². The van der Waals surface area contributed by atoms with E-state index in [9.17, 15) is 9.59 Å². The van der Waals surface area contributed by atoms with Crippen molar-refractivity contribution in [2.24, 2.45) is 0 Å². The molecular weight excluding hydrogens is 282 g/mol. The monoisotopic (exact) mass is 305 g/mol. The molecule has 1 aromatic rings. The summed E-state index contributed by atoms with van der Waals surface area (Å²) in [6, 6.07) is 5.61. The lowest BCUT2D eigenvalue weighted by molar-refractivity contribution is -0.143. The van der Waals surface area contributed by atoms with E-state index in [0.717, 1.165) is 24.9 Å².